The van der Waals surface area contributed by atoms with E-state index in [-0.39, 0.29) is 0 Å². The highest BCUT2D eigenvalue weighted by Gasteiger charge is 2.32. The van der Waals surface area contributed by atoms with E-state index < -0.39 is 5.41 Å². The second-order valence-corrected chi connectivity index (χ2v) is 9.15. The minimum absolute atomic E-state index is 0.475. The second-order valence-electron chi connectivity index (χ2n) is 8.34. The monoisotopic (exact) mass is 494 g/mol. The fourth-order valence-corrected chi connectivity index (χ4v) is 4.42. The van der Waals surface area contributed by atoms with Gasteiger partial charge in [0.1, 0.15) is 11.5 Å². The molecule has 0 amide bonds. The first kappa shape index (κ1) is 25.9. The summed E-state index contributed by atoms with van der Waals surface area (Å²) in [6.07, 6.45) is 7.42. The highest BCUT2D eigenvalue weighted by molar-refractivity contribution is 6.32. The van der Waals surface area contributed by atoms with Crippen molar-refractivity contribution in [2.24, 2.45) is 0 Å². The van der Waals surface area contributed by atoms with Crippen molar-refractivity contribution in [3.63, 3.8) is 0 Å². The maximum absolute atomic E-state index is 6.66. The van der Waals surface area contributed by atoms with E-state index in [9.17, 15) is 0 Å². The first-order chi connectivity index (χ1) is 16.5. The SMILES string of the molecule is C=CCCCOc1ccc(C(C)(c2ccccc2)c2ccc(OCCCC=C)c(Cl)c2)cc1Cl. The van der Waals surface area contributed by atoms with Gasteiger partial charge in [-0.15, -0.1) is 13.2 Å². The van der Waals surface area contributed by atoms with Crippen molar-refractivity contribution in [2.75, 3.05) is 13.2 Å². The minimum Gasteiger partial charge on any atom is -0.492 e. The summed E-state index contributed by atoms with van der Waals surface area (Å²) < 4.78 is 11.8. The van der Waals surface area contributed by atoms with Gasteiger partial charge in [-0.05, 0) is 73.6 Å². The summed E-state index contributed by atoms with van der Waals surface area (Å²) >= 11 is 13.3. The third-order valence-electron chi connectivity index (χ3n) is 5.99. The van der Waals surface area contributed by atoms with Crippen LogP contribution in [0, 0.1) is 0 Å². The molecule has 0 saturated carbocycles. The van der Waals surface area contributed by atoms with Crippen molar-refractivity contribution >= 4 is 23.2 Å². The van der Waals surface area contributed by atoms with E-state index in [1.54, 1.807) is 0 Å². The van der Waals surface area contributed by atoms with Gasteiger partial charge in [0.05, 0.1) is 23.3 Å². The van der Waals surface area contributed by atoms with E-state index in [1.807, 2.05) is 54.6 Å². The highest BCUT2D eigenvalue weighted by Crippen LogP contribution is 2.43. The Hall–Kier alpha value is -2.68. The third-order valence-corrected chi connectivity index (χ3v) is 6.58. The average molecular weight is 495 g/mol. The highest BCUT2D eigenvalue weighted by atomic mass is 35.5. The summed E-state index contributed by atoms with van der Waals surface area (Å²) in [6, 6.07) is 22.4. The molecular formula is C30H32Cl2O2. The molecule has 0 N–H and O–H groups in total. The molecule has 0 aromatic heterocycles. The molecule has 34 heavy (non-hydrogen) atoms. The van der Waals surface area contributed by atoms with Crippen LogP contribution in [0.25, 0.3) is 0 Å². The molecule has 3 rings (SSSR count). The fourth-order valence-electron chi connectivity index (χ4n) is 3.95. The molecule has 2 nitrogen and oxygen atoms in total. The van der Waals surface area contributed by atoms with Crippen LogP contribution in [0.5, 0.6) is 11.5 Å². The van der Waals surface area contributed by atoms with Crippen LogP contribution in [-0.2, 0) is 5.41 Å². The standard InChI is InChI=1S/C30H32Cl2O2/c1-4-6-11-19-33-28-17-15-24(21-26(28)31)30(3,23-13-9-8-10-14-23)25-16-18-29(27(32)22-25)34-20-12-7-5-2/h4-5,8-10,13-18,21-22H,1-2,6-7,11-12,19-20H2,3H3. The number of hydrogen-bond acceptors (Lipinski definition) is 2. The van der Waals surface area contributed by atoms with Gasteiger partial charge in [0, 0.05) is 5.41 Å². The van der Waals surface area contributed by atoms with E-state index >= 15 is 0 Å². The predicted molar refractivity (Wildman–Crippen MR) is 145 cm³/mol. The average Bonchev–Trinajstić information content (AvgIpc) is 2.86. The largest absolute Gasteiger partial charge is 0.492 e. The topological polar surface area (TPSA) is 18.5 Å². The zero-order chi connectivity index (χ0) is 24.4. The normalized spacial score (nSPS) is 11.1. The van der Waals surface area contributed by atoms with Gasteiger partial charge in [0.2, 0.25) is 0 Å². The van der Waals surface area contributed by atoms with E-state index in [0.29, 0.717) is 34.8 Å². The van der Waals surface area contributed by atoms with Crippen molar-refractivity contribution < 1.29 is 9.47 Å². The van der Waals surface area contributed by atoms with Crippen LogP contribution in [0.4, 0.5) is 0 Å². The Morgan fingerprint density at radius 3 is 1.59 bits per heavy atom. The summed E-state index contributed by atoms with van der Waals surface area (Å²) in [7, 11) is 0. The Balaban J connectivity index is 1.95. The number of hydrogen-bond donors (Lipinski definition) is 0. The van der Waals surface area contributed by atoms with Gasteiger partial charge in [-0.25, -0.2) is 0 Å². The van der Waals surface area contributed by atoms with Crippen molar-refractivity contribution in [2.45, 2.75) is 38.0 Å². The first-order valence-corrected chi connectivity index (χ1v) is 12.4. The molecular weight excluding hydrogens is 463 g/mol. The maximum atomic E-state index is 6.66. The summed E-state index contributed by atoms with van der Waals surface area (Å²) in [5.74, 6) is 1.37. The molecule has 3 aromatic rings. The van der Waals surface area contributed by atoms with E-state index in [0.717, 1.165) is 42.4 Å². The second kappa shape index (κ2) is 12.7. The summed E-state index contributed by atoms with van der Waals surface area (Å²) in [5.41, 5.74) is 2.77. The number of benzene rings is 3. The van der Waals surface area contributed by atoms with Gasteiger partial charge in [-0.1, -0.05) is 77.8 Å². The lowest BCUT2D eigenvalue weighted by atomic mass is 9.71. The molecule has 3 aromatic carbocycles. The number of halogens is 2. The van der Waals surface area contributed by atoms with Gasteiger partial charge in [0.25, 0.3) is 0 Å². The van der Waals surface area contributed by atoms with Crippen LogP contribution in [0.1, 0.15) is 49.3 Å². The molecule has 0 aliphatic carbocycles. The number of allylic oxidation sites excluding steroid dienone is 2. The van der Waals surface area contributed by atoms with Gasteiger partial charge in [0.15, 0.2) is 0 Å². The minimum atomic E-state index is -0.475. The Bertz CT molecular complexity index is 1030. The van der Waals surface area contributed by atoms with Crippen molar-refractivity contribution in [3.8, 4) is 11.5 Å². The summed E-state index contributed by atoms with van der Waals surface area (Å²) in [4.78, 5) is 0. The lowest BCUT2D eigenvalue weighted by Gasteiger charge is -2.32. The molecule has 178 valence electrons. The Labute approximate surface area is 213 Å². The molecule has 0 radical (unpaired) electrons. The Morgan fingerprint density at radius 2 is 1.18 bits per heavy atom. The molecule has 0 unspecified atom stereocenters. The fraction of sp³-hybridized carbons (Fsp3) is 0.267. The molecule has 0 aliphatic heterocycles. The summed E-state index contributed by atoms with van der Waals surface area (Å²) in [6.45, 7) is 10.9. The van der Waals surface area contributed by atoms with Gasteiger partial charge >= 0.3 is 0 Å². The van der Waals surface area contributed by atoms with Crippen molar-refractivity contribution in [1.82, 2.24) is 0 Å². The van der Waals surface area contributed by atoms with Crippen LogP contribution < -0.4 is 9.47 Å². The van der Waals surface area contributed by atoms with Crippen molar-refractivity contribution in [3.05, 3.63) is 119 Å². The number of rotatable bonds is 13. The first-order valence-electron chi connectivity index (χ1n) is 11.6. The van der Waals surface area contributed by atoms with Crippen LogP contribution in [0.15, 0.2) is 92.0 Å². The molecule has 0 spiro atoms. The molecule has 0 aliphatic rings. The van der Waals surface area contributed by atoms with E-state index in [2.05, 4.69) is 44.3 Å². The zero-order valence-corrected chi connectivity index (χ0v) is 21.2. The molecule has 0 fully saturated rings. The van der Waals surface area contributed by atoms with Crippen LogP contribution in [0.2, 0.25) is 10.0 Å². The third kappa shape index (κ3) is 6.25. The molecule has 4 heteroatoms. The van der Waals surface area contributed by atoms with Gasteiger partial charge in [-0.3, -0.25) is 0 Å². The van der Waals surface area contributed by atoms with E-state index in [1.165, 1.54) is 0 Å². The zero-order valence-electron chi connectivity index (χ0n) is 19.7. The van der Waals surface area contributed by atoms with Crippen LogP contribution in [0.3, 0.4) is 0 Å². The Morgan fingerprint density at radius 1 is 0.706 bits per heavy atom. The van der Waals surface area contributed by atoms with Crippen molar-refractivity contribution in [1.29, 1.82) is 0 Å². The molecule has 0 heterocycles. The number of ether oxygens (including phenoxy) is 2. The van der Waals surface area contributed by atoms with Gasteiger partial charge < -0.3 is 9.47 Å². The smallest absolute Gasteiger partial charge is 0.137 e. The van der Waals surface area contributed by atoms with Crippen LogP contribution in [-0.4, -0.2) is 13.2 Å². The lowest BCUT2D eigenvalue weighted by Crippen LogP contribution is -2.25. The molecule has 0 bridgehead atoms. The van der Waals surface area contributed by atoms with Gasteiger partial charge in [-0.2, -0.15) is 0 Å². The maximum Gasteiger partial charge on any atom is 0.137 e. The van der Waals surface area contributed by atoms with Crippen LogP contribution >= 0.6 is 23.2 Å². The quantitative estimate of drug-likeness (QED) is 0.134. The van der Waals surface area contributed by atoms with E-state index in [4.69, 9.17) is 32.7 Å². The molecule has 0 saturated heterocycles. The molecule has 0 atom stereocenters. The summed E-state index contributed by atoms with van der Waals surface area (Å²) in [5, 5.41) is 1.18. The lowest BCUT2D eigenvalue weighted by molar-refractivity contribution is 0.312. The number of unbranched alkanes of at least 4 members (excludes halogenated alkanes) is 2. The predicted octanol–water partition coefficient (Wildman–Crippen LogP) is 9.04. The Kier molecular flexibility index (Phi) is 9.68.